The van der Waals surface area contributed by atoms with Gasteiger partial charge in [-0.05, 0) is 6.42 Å². The lowest BCUT2D eigenvalue weighted by atomic mass is 10.1. The van der Waals surface area contributed by atoms with Crippen LogP contribution >= 0.6 is 0 Å². The van der Waals surface area contributed by atoms with Crippen LogP contribution in [0.3, 0.4) is 0 Å². The molecule has 0 amide bonds. The molecule has 0 unspecified atom stereocenters. The van der Waals surface area contributed by atoms with Gasteiger partial charge in [-0.2, -0.15) is 0 Å². The van der Waals surface area contributed by atoms with Crippen LogP contribution in [0.2, 0.25) is 0 Å². The number of rotatable bonds is 11. The van der Waals surface area contributed by atoms with Crippen LogP contribution in [0.1, 0.15) is 71.1 Å². The number of aryl methyl sites for hydroxylation is 1. The average Bonchev–Trinajstić information content (AvgIpc) is 2.42. The molecule has 1 heterocycles. The number of pyridine rings is 1. The molecule has 1 aromatic rings. The lowest BCUT2D eigenvalue weighted by Crippen LogP contribution is -2.32. The minimum atomic E-state index is 0. The minimum Gasteiger partial charge on any atom is -0.870 e. The number of nitrogens with zero attached hydrogens (tertiary/aromatic N) is 1. The van der Waals surface area contributed by atoms with Crippen molar-refractivity contribution in [2.24, 2.45) is 0 Å². The second kappa shape index (κ2) is 13.5. The highest BCUT2D eigenvalue weighted by Gasteiger charge is 1.97. The first kappa shape index (κ1) is 18.1. The Hall–Kier alpha value is -0.890. The summed E-state index contributed by atoms with van der Waals surface area (Å²) in [5.74, 6) is 0. The molecule has 0 fully saturated rings. The summed E-state index contributed by atoms with van der Waals surface area (Å²) >= 11 is 0. The molecule has 1 N–H and O–H groups in total. The second-order valence-corrected chi connectivity index (χ2v) is 5.30. The zero-order chi connectivity index (χ0) is 12.9. The van der Waals surface area contributed by atoms with Gasteiger partial charge in [0.2, 0.25) is 0 Å². The summed E-state index contributed by atoms with van der Waals surface area (Å²) in [7, 11) is 0. The van der Waals surface area contributed by atoms with E-state index in [2.05, 4.69) is 42.1 Å². The Bertz CT molecular complexity index is 274. The maximum Gasteiger partial charge on any atom is 0.168 e. The largest absolute Gasteiger partial charge is 0.870 e. The molecule has 2 heteroatoms. The topological polar surface area (TPSA) is 33.9 Å². The Morgan fingerprint density at radius 3 is 1.63 bits per heavy atom. The van der Waals surface area contributed by atoms with Crippen LogP contribution in [-0.4, -0.2) is 5.48 Å². The van der Waals surface area contributed by atoms with E-state index >= 15 is 0 Å². The Kier molecular flexibility index (Phi) is 12.9. The maximum absolute atomic E-state index is 2.28. The van der Waals surface area contributed by atoms with E-state index in [-0.39, 0.29) is 5.48 Å². The molecule has 0 radical (unpaired) electrons. The van der Waals surface area contributed by atoms with Gasteiger partial charge < -0.3 is 5.48 Å². The van der Waals surface area contributed by atoms with Gasteiger partial charge >= 0.3 is 0 Å². The van der Waals surface area contributed by atoms with E-state index in [4.69, 9.17) is 0 Å². The highest BCUT2D eigenvalue weighted by atomic mass is 16.0. The first-order valence-electron chi connectivity index (χ1n) is 7.87. The van der Waals surface area contributed by atoms with E-state index in [1.54, 1.807) is 0 Å². The zero-order valence-electron chi connectivity index (χ0n) is 12.6. The normalized spacial score (nSPS) is 10.2. The molecule has 0 aliphatic heterocycles. The van der Waals surface area contributed by atoms with Crippen LogP contribution in [0.25, 0.3) is 0 Å². The smallest absolute Gasteiger partial charge is 0.168 e. The van der Waals surface area contributed by atoms with Gasteiger partial charge in [0.05, 0.1) is 0 Å². The molecule has 0 aliphatic rings. The van der Waals surface area contributed by atoms with Gasteiger partial charge in [-0.15, -0.1) is 0 Å². The third-order valence-corrected chi connectivity index (χ3v) is 3.55. The molecule has 1 aromatic heterocycles. The van der Waals surface area contributed by atoms with Gasteiger partial charge in [0.15, 0.2) is 12.4 Å². The summed E-state index contributed by atoms with van der Waals surface area (Å²) in [5.41, 5.74) is 0. The molecule has 19 heavy (non-hydrogen) atoms. The van der Waals surface area contributed by atoms with Crippen molar-refractivity contribution in [3.8, 4) is 0 Å². The highest BCUT2D eigenvalue weighted by Crippen LogP contribution is 2.10. The molecule has 0 saturated heterocycles. The third-order valence-electron chi connectivity index (χ3n) is 3.55. The lowest BCUT2D eigenvalue weighted by Gasteiger charge is -2.01. The van der Waals surface area contributed by atoms with Crippen molar-refractivity contribution >= 4 is 0 Å². The fourth-order valence-corrected chi connectivity index (χ4v) is 2.37. The Morgan fingerprint density at radius 1 is 0.632 bits per heavy atom. The molecule has 0 atom stereocenters. The predicted molar refractivity (Wildman–Crippen MR) is 80.4 cm³/mol. The number of aromatic nitrogens is 1. The Balaban J connectivity index is 0.00000324. The quantitative estimate of drug-likeness (QED) is 0.421. The van der Waals surface area contributed by atoms with Crippen LogP contribution in [-0.2, 0) is 6.54 Å². The van der Waals surface area contributed by atoms with Crippen molar-refractivity contribution in [3.63, 3.8) is 0 Å². The van der Waals surface area contributed by atoms with E-state index in [1.807, 2.05) is 0 Å². The molecule has 110 valence electrons. The Labute approximate surface area is 119 Å². The zero-order valence-corrected chi connectivity index (χ0v) is 12.6. The number of hydrogen-bond acceptors (Lipinski definition) is 1. The van der Waals surface area contributed by atoms with E-state index in [0.717, 1.165) is 0 Å². The van der Waals surface area contributed by atoms with Crippen molar-refractivity contribution in [2.75, 3.05) is 0 Å². The van der Waals surface area contributed by atoms with E-state index < -0.39 is 0 Å². The summed E-state index contributed by atoms with van der Waals surface area (Å²) in [6.07, 6.45) is 18.5. The molecule has 0 aromatic carbocycles. The standard InChI is InChI=1S/C17H30N.H2O/c1-2-3-4-5-6-7-8-9-10-12-15-18-16-13-11-14-17-18;/h11,13-14,16-17H,2-10,12,15H2,1H3;1H2/q+1;/p-1. The average molecular weight is 265 g/mol. The summed E-state index contributed by atoms with van der Waals surface area (Å²) in [4.78, 5) is 0. The van der Waals surface area contributed by atoms with Gasteiger partial charge in [-0.25, -0.2) is 4.57 Å². The van der Waals surface area contributed by atoms with Crippen molar-refractivity contribution in [1.82, 2.24) is 0 Å². The number of unbranched alkanes of at least 4 members (excludes halogenated alkanes) is 9. The molecule has 0 bridgehead atoms. The molecule has 0 aliphatic carbocycles. The maximum atomic E-state index is 2.28. The van der Waals surface area contributed by atoms with Crippen LogP contribution < -0.4 is 4.57 Å². The van der Waals surface area contributed by atoms with Crippen LogP contribution in [0, 0.1) is 0 Å². The summed E-state index contributed by atoms with van der Waals surface area (Å²) in [5, 5.41) is 0. The molecule has 0 saturated carbocycles. The van der Waals surface area contributed by atoms with Crippen molar-refractivity contribution < 1.29 is 10.0 Å². The van der Waals surface area contributed by atoms with E-state index in [1.165, 1.54) is 70.8 Å². The fourth-order valence-electron chi connectivity index (χ4n) is 2.37. The van der Waals surface area contributed by atoms with Crippen molar-refractivity contribution in [2.45, 2.75) is 77.7 Å². The molecule has 1 rings (SSSR count). The summed E-state index contributed by atoms with van der Waals surface area (Å²) < 4.78 is 2.28. The van der Waals surface area contributed by atoms with E-state index in [0.29, 0.717) is 0 Å². The van der Waals surface area contributed by atoms with Gasteiger partial charge in [-0.1, -0.05) is 64.4 Å². The first-order chi connectivity index (χ1) is 8.93. The fraction of sp³-hybridized carbons (Fsp3) is 0.706. The predicted octanol–water partition coefficient (Wildman–Crippen LogP) is 4.72. The molecule has 2 nitrogen and oxygen atoms in total. The Morgan fingerprint density at radius 2 is 1.11 bits per heavy atom. The molecule has 0 spiro atoms. The van der Waals surface area contributed by atoms with Gasteiger partial charge in [0.1, 0.15) is 6.54 Å². The second-order valence-electron chi connectivity index (χ2n) is 5.30. The van der Waals surface area contributed by atoms with E-state index in [9.17, 15) is 0 Å². The minimum absolute atomic E-state index is 0. The van der Waals surface area contributed by atoms with Gasteiger partial charge in [0, 0.05) is 18.6 Å². The van der Waals surface area contributed by atoms with Crippen molar-refractivity contribution in [3.05, 3.63) is 30.6 Å². The van der Waals surface area contributed by atoms with Crippen LogP contribution in [0.4, 0.5) is 0 Å². The summed E-state index contributed by atoms with van der Waals surface area (Å²) in [6, 6.07) is 6.29. The highest BCUT2D eigenvalue weighted by molar-refractivity contribution is 4.83. The third kappa shape index (κ3) is 10.7. The lowest BCUT2D eigenvalue weighted by molar-refractivity contribution is -0.697. The number of hydrogen-bond donors (Lipinski definition) is 0. The van der Waals surface area contributed by atoms with Crippen molar-refractivity contribution in [1.29, 1.82) is 0 Å². The van der Waals surface area contributed by atoms with Crippen LogP contribution in [0.15, 0.2) is 30.6 Å². The monoisotopic (exact) mass is 265 g/mol. The van der Waals surface area contributed by atoms with Gasteiger partial charge in [-0.3, -0.25) is 0 Å². The van der Waals surface area contributed by atoms with Gasteiger partial charge in [0.25, 0.3) is 0 Å². The summed E-state index contributed by atoms with van der Waals surface area (Å²) in [6.45, 7) is 3.46. The van der Waals surface area contributed by atoms with Crippen LogP contribution in [0.5, 0.6) is 0 Å². The SMILES string of the molecule is CCCCCCCCCCCC[n+]1ccccc1.[OH-]. The molecular formula is C17H31NO. The first-order valence-corrected chi connectivity index (χ1v) is 7.87. The molecular weight excluding hydrogens is 234 g/mol.